The summed E-state index contributed by atoms with van der Waals surface area (Å²) in [7, 11) is 3.49. The smallest absolute Gasteiger partial charge is 0.245 e. The zero-order valence-corrected chi connectivity index (χ0v) is 13.5. The summed E-state index contributed by atoms with van der Waals surface area (Å²) >= 11 is 0. The van der Waals surface area contributed by atoms with E-state index in [0.717, 1.165) is 16.8 Å². The van der Waals surface area contributed by atoms with Gasteiger partial charge in [0.05, 0.1) is 6.42 Å². The first-order chi connectivity index (χ1) is 9.81. The minimum Gasteiger partial charge on any atom is -0.347 e. The molecule has 1 aromatic carbocycles. The van der Waals surface area contributed by atoms with Crippen molar-refractivity contribution in [3.63, 3.8) is 0 Å². The Morgan fingerprint density at radius 1 is 1.33 bits per heavy atom. The molecule has 0 spiro atoms. The molecule has 21 heavy (non-hydrogen) atoms. The first kappa shape index (κ1) is 15.5. The van der Waals surface area contributed by atoms with E-state index in [9.17, 15) is 9.59 Å². The maximum absolute atomic E-state index is 12.5. The monoisotopic (exact) mass is 288 g/mol. The molecule has 0 fully saturated rings. The van der Waals surface area contributed by atoms with Gasteiger partial charge in [-0.05, 0) is 36.5 Å². The first-order valence-electron chi connectivity index (χ1n) is 7.44. The minimum atomic E-state index is -0.407. The Labute approximate surface area is 126 Å². The van der Waals surface area contributed by atoms with Gasteiger partial charge in [-0.3, -0.25) is 14.5 Å². The van der Waals surface area contributed by atoms with Crippen LogP contribution in [0.25, 0.3) is 0 Å². The molecule has 0 aromatic heterocycles. The number of hydrogen-bond donors (Lipinski definition) is 0. The third-order valence-corrected chi connectivity index (χ3v) is 3.84. The van der Waals surface area contributed by atoms with Crippen LogP contribution >= 0.6 is 0 Å². The molecule has 114 valence electrons. The quantitative estimate of drug-likeness (QED) is 0.853. The van der Waals surface area contributed by atoms with Crippen molar-refractivity contribution in [1.82, 2.24) is 4.90 Å². The maximum atomic E-state index is 12.5. The SMILES string of the molecule is Cc1ccc2c(c1)N(C(CC(C)C)C(=O)N(C)C)C(=O)C2. The standard InChI is InChI=1S/C17H24N2O2/c1-11(2)8-15(17(21)18(4)5)19-14-9-12(3)6-7-13(14)10-16(19)20/h6-7,9,11,15H,8,10H2,1-5H3. The number of hydrogen-bond acceptors (Lipinski definition) is 2. The molecule has 1 heterocycles. The van der Waals surface area contributed by atoms with Crippen LogP contribution in [-0.2, 0) is 16.0 Å². The lowest BCUT2D eigenvalue weighted by molar-refractivity contribution is -0.132. The lowest BCUT2D eigenvalue weighted by atomic mass is 10.0. The van der Waals surface area contributed by atoms with E-state index in [2.05, 4.69) is 13.8 Å². The lowest BCUT2D eigenvalue weighted by Gasteiger charge is -2.31. The highest BCUT2D eigenvalue weighted by molar-refractivity contribution is 6.06. The number of rotatable bonds is 4. The van der Waals surface area contributed by atoms with Crippen molar-refractivity contribution in [2.75, 3.05) is 19.0 Å². The molecule has 4 heteroatoms. The summed E-state index contributed by atoms with van der Waals surface area (Å²) in [6.07, 6.45) is 1.07. The number of likely N-dealkylation sites (N-methyl/N-ethyl adjacent to an activating group) is 1. The van der Waals surface area contributed by atoms with Crippen LogP contribution in [0.1, 0.15) is 31.4 Å². The fourth-order valence-electron chi connectivity index (χ4n) is 2.83. The van der Waals surface area contributed by atoms with Crippen molar-refractivity contribution in [3.05, 3.63) is 29.3 Å². The van der Waals surface area contributed by atoms with Gasteiger partial charge in [0.2, 0.25) is 11.8 Å². The van der Waals surface area contributed by atoms with Crippen LogP contribution in [0.5, 0.6) is 0 Å². The van der Waals surface area contributed by atoms with Gasteiger partial charge in [0.25, 0.3) is 0 Å². The summed E-state index contributed by atoms with van der Waals surface area (Å²) in [5.74, 6) is 0.364. The predicted octanol–water partition coefficient (Wildman–Crippen LogP) is 2.39. The van der Waals surface area contributed by atoms with Crippen LogP contribution in [-0.4, -0.2) is 36.9 Å². The number of amides is 2. The fourth-order valence-corrected chi connectivity index (χ4v) is 2.83. The molecule has 0 radical (unpaired) electrons. The van der Waals surface area contributed by atoms with Gasteiger partial charge in [-0.2, -0.15) is 0 Å². The predicted molar refractivity (Wildman–Crippen MR) is 84.3 cm³/mol. The molecular formula is C17H24N2O2. The third-order valence-electron chi connectivity index (χ3n) is 3.84. The van der Waals surface area contributed by atoms with Gasteiger partial charge in [-0.25, -0.2) is 0 Å². The third kappa shape index (κ3) is 3.09. The Morgan fingerprint density at radius 3 is 2.57 bits per heavy atom. The van der Waals surface area contributed by atoms with Gasteiger partial charge in [0, 0.05) is 19.8 Å². The number of anilines is 1. The maximum Gasteiger partial charge on any atom is 0.245 e. The molecule has 2 amide bonds. The van der Waals surface area contributed by atoms with Crippen molar-refractivity contribution < 1.29 is 9.59 Å². The molecule has 0 saturated heterocycles. The van der Waals surface area contributed by atoms with E-state index in [1.807, 2.05) is 25.1 Å². The summed E-state index contributed by atoms with van der Waals surface area (Å²) < 4.78 is 0. The Hall–Kier alpha value is -1.84. The topological polar surface area (TPSA) is 40.6 Å². The van der Waals surface area contributed by atoms with Gasteiger partial charge in [-0.15, -0.1) is 0 Å². The van der Waals surface area contributed by atoms with E-state index in [1.54, 1.807) is 23.9 Å². The molecule has 0 bridgehead atoms. The van der Waals surface area contributed by atoms with E-state index >= 15 is 0 Å². The average molecular weight is 288 g/mol. The number of carbonyl (C=O) groups is 2. The highest BCUT2D eigenvalue weighted by Gasteiger charge is 2.37. The zero-order valence-electron chi connectivity index (χ0n) is 13.5. The highest BCUT2D eigenvalue weighted by Crippen LogP contribution is 2.33. The summed E-state index contributed by atoms with van der Waals surface area (Å²) in [5, 5.41) is 0. The normalized spacial score (nSPS) is 15.3. The minimum absolute atomic E-state index is 0.00796. The second kappa shape index (κ2) is 5.88. The van der Waals surface area contributed by atoms with Crippen LogP contribution in [0.3, 0.4) is 0 Å². The number of carbonyl (C=O) groups excluding carboxylic acids is 2. The van der Waals surface area contributed by atoms with Crippen LogP contribution in [0.2, 0.25) is 0 Å². The zero-order chi connectivity index (χ0) is 15.7. The van der Waals surface area contributed by atoms with Crippen molar-refractivity contribution in [2.24, 2.45) is 5.92 Å². The van der Waals surface area contributed by atoms with Gasteiger partial charge in [0.15, 0.2) is 0 Å². The van der Waals surface area contributed by atoms with E-state index in [1.165, 1.54) is 0 Å². The number of aryl methyl sites for hydroxylation is 1. The molecule has 0 saturated carbocycles. The number of benzene rings is 1. The highest BCUT2D eigenvalue weighted by atomic mass is 16.2. The van der Waals surface area contributed by atoms with Crippen LogP contribution in [0.15, 0.2) is 18.2 Å². The Kier molecular flexibility index (Phi) is 4.35. The van der Waals surface area contributed by atoms with Crippen LogP contribution in [0.4, 0.5) is 5.69 Å². The van der Waals surface area contributed by atoms with Crippen molar-refractivity contribution >= 4 is 17.5 Å². The van der Waals surface area contributed by atoms with E-state index in [-0.39, 0.29) is 11.8 Å². The van der Waals surface area contributed by atoms with Gasteiger partial charge in [0.1, 0.15) is 6.04 Å². The summed E-state index contributed by atoms with van der Waals surface area (Å²) in [4.78, 5) is 28.3. The van der Waals surface area contributed by atoms with Gasteiger partial charge < -0.3 is 4.90 Å². The lowest BCUT2D eigenvalue weighted by Crippen LogP contribution is -2.48. The van der Waals surface area contributed by atoms with Gasteiger partial charge in [-0.1, -0.05) is 26.0 Å². The van der Waals surface area contributed by atoms with Crippen LogP contribution < -0.4 is 4.90 Å². The molecule has 1 aliphatic rings. The number of fused-ring (bicyclic) bond motifs is 1. The van der Waals surface area contributed by atoms with Crippen molar-refractivity contribution in [3.8, 4) is 0 Å². The number of nitrogens with zero attached hydrogens (tertiary/aromatic N) is 2. The van der Waals surface area contributed by atoms with E-state index in [0.29, 0.717) is 18.8 Å². The van der Waals surface area contributed by atoms with Crippen molar-refractivity contribution in [2.45, 2.75) is 39.7 Å². The van der Waals surface area contributed by atoms with E-state index < -0.39 is 6.04 Å². The fraction of sp³-hybridized carbons (Fsp3) is 0.529. The Balaban J connectivity index is 2.43. The molecule has 1 aromatic rings. The Morgan fingerprint density at radius 2 is 2.00 bits per heavy atom. The largest absolute Gasteiger partial charge is 0.347 e. The second-order valence-electron chi connectivity index (χ2n) is 6.45. The van der Waals surface area contributed by atoms with Gasteiger partial charge >= 0.3 is 0 Å². The molecule has 1 unspecified atom stereocenters. The molecule has 2 rings (SSSR count). The summed E-state index contributed by atoms with van der Waals surface area (Å²) in [5.41, 5.74) is 3.03. The second-order valence-corrected chi connectivity index (χ2v) is 6.45. The van der Waals surface area contributed by atoms with Crippen LogP contribution in [0, 0.1) is 12.8 Å². The summed E-state index contributed by atoms with van der Waals surface area (Å²) in [6, 6.07) is 5.61. The molecule has 4 nitrogen and oxygen atoms in total. The molecule has 0 aliphatic carbocycles. The molecule has 1 atom stereocenters. The molecule has 1 aliphatic heterocycles. The summed E-state index contributed by atoms with van der Waals surface area (Å²) in [6.45, 7) is 6.16. The Bertz CT molecular complexity index is 564. The average Bonchev–Trinajstić information content (AvgIpc) is 2.70. The van der Waals surface area contributed by atoms with Crippen molar-refractivity contribution in [1.29, 1.82) is 0 Å². The molecule has 0 N–H and O–H groups in total. The van der Waals surface area contributed by atoms with E-state index in [4.69, 9.17) is 0 Å². The first-order valence-corrected chi connectivity index (χ1v) is 7.44. The molecular weight excluding hydrogens is 264 g/mol.